The van der Waals surface area contributed by atoms with Crippen LogP contribution in [0.25, 0.3) is 11.0 Å². The number of hydrogen-bond donors (Lipinski definition) is 2. The number of anilines is 1. The van der Waals surface area contributed by atoms with Gasteiger partial charge in [-0.3, -0.25) is 4.98 Å². The highest BCUT2D eigenvalue weighted by molar-refractivity contribution is 6.30. The van der Waals surface area contributed by atoms with Gasteiger partial charge in [0.25, 0.3) is 0 Å². The molecular formula is C28H20ClF5N4. The van der Waals surface area contributed by atoms with Gasteiger partial charge in [-0.2, -0.15) is 13.2 Å². The fourth-order valence-corrected chi connectivity index (χ4v) is 4.56. The lowest BCUT2D eigenvalue weighted by molar-refractivity contribution is -0.137. The summed E-state index contributed by atoms with van der Waals surface area (Å²) >= 11 is 6.08. The molecule has 2 heterocycles. The number of aromatic amines is 1. The normalized spacial score (nSPS) is 13.4. The second kappa shape index (κ2) is 9.72. The predicted molar refractivity (Wildman–Crippen MR) is 136 cm³/mol. The first-order chi connectivity index (χ1) is 18.0. The topological polar surface area (TPSA) is 53.6 Å². The molecule has 0 aliphatic heterocycles. The summed E-state index contributed by atoms with van der Waals surface area (Å²) in [5.41, 5.74) is -0.519. The Hall–Kier alpha value is -3.98. The number of fused-ring (bicyclic) bond motifs is 1. The molecule has 0 fully saturated rings. The minimum absolute atomic E-state index is 0.0358. The van der Waals surface area contributed by atoms with Crippen molar-refractivity contribution in [1.29, 1.82) is 0 Å². The largest absolute Gasteiger partial charge is 0.416 e. The standard InChI is InChI=1S/C28H20ClF5N4/c1-16-9-23-24(13-22(16)31)37-26(36-23)38-27(14-17-5-3-2-4-6-17,25-8-7-20(29)15-35-25)18-10-19(28(32,33)34)12-21(30)11-18/h2-13,15H,14H2,1H3,(H2,36,37,38). The van der Waals surface area contributed by atoms with Crippen molar-refractivity contribution in [2.75, 3.05) is 5.32 Å². The quantitative estimate of drug-likeness (QED) is 0.215. The lowest BCUT2D eigenvalue weighted by atomic mass is 9.80. The van der Waals surface area contributed by atoms with E-state index in [0.717, 1.165) is 17.7 Å². The second-order valence-corrected chi connectivity index (χ2v) is 9.42. The van der Waals surface area contributed by atoms with E-state index in [1.165, 1.54) is 12.3 Å². The minimum Gasteiger partial charge on any atom is -0.340 e. The van der Waals surface area contributed by atoms with Crippen LogP contribution in [-0.2, 0) is 18.1 Å². The number of H-pyrrole nitrogens is 1. The van der Waals surface area contributed by atoms with Crippen molar-refractivity contribution in [2.24, 2.45) is 0 Å². The van der Waals surface area contributed by atoms with Crippen LogP contribution in [0.5, 0.6) is 0 Å². The average Bonchev–Trinajstić information content (AvgIpc) is 3.24. The van der Waals surface area contributed by atoms with Crippen molar-refractivity contribution in [3.8, 4) is 0 Å². The lowest BCUT2D eigenvalue weighted by Gasteiger charge is -2.35. The van der Waals surface area contributed by atoms with Crippen molar-refractivity contribution in [1.82, 2.24) is 15.0 Å². The van der Waals surface area contributed by atoms with Crippen LogP contribution in [0.15, 0.2) is 79.0 Å². The molecule has 0 amide bonds. The number of nitrogens with one attached hydrogen (secondary N) is 2. The van der Waals surface area contributed by atoms with E-state index in [1.54, 1.807) is 55.5 Å². The van der Waals surface area contributed by atoms with Crippen molar-refractivity contribution in [2.45, 2.75) is 25.1 Å². The van der Waals surface area contributed by atoms with Crippen molar-refractivity contribution in [3.05, 3.63) is 124 Å². The molecule has 1 atom stereocenters. The van der Waals surface area contributed by atoms with Gasteiger partial charge < -0.3 is 10.3 Å². The highest BCUT2D eigenvalue weighted by Crippen LogP contribution is 2.40. The molecule has 1 unspecified atom stereocenters. The molecule has 4 nitrogen and oxygen atoms in total. The van der Waals surface area contributed by atoms with Crippen LogP contribution in [-0.4, -0.2) is 15.0 Å². The predicted octanol–water partition coefficient (Wildman–Crippen LogP) is 7.82. The van der Waals surface area contributed by atoms with Gasteiger partial charge in [-0.15, -0.1) is 0 Å². The van der Waals surface area contributed by atoms with Gasteiger partial charge in [-0.1, -0.05) is 41.9 Å². The third-order valence-corrected chi connectivity index (χ3v) is 6.51. The molecule has 38 heavy (non-hydrogen) atoms. The highest BCUT2D eigenvalue weighted by Gasteiger charge is 2.40. The zero-order valence-electron chi connectivity index (χ0n) is 19.9. The Labute approximate surface area is 219 Å². The molecule has 3 aromatic carbocycles. The van der Waals surface area contributed by atoms with Gasteiger partial charge in [0, 0.05) is 18.7 Å². The molecule has 0 aliphatic carbocycles. The smallest absolute Gasteiger partial charge is 0.340 e. The third kappa shape index (κ3) is 5.06. The summed E-state index contributed by atoms with van der Waals surface area (Å²) in [5, 5.41) is 3.51. The van der Waals surface area contributed by atoms with Crippen LogP contribution < -0.4 is 5.32 Å². The molecule has 194 valence electrons. The minimum atomic E-state index is -4.79. The fraction of sp³-hybridized carbons (Fsp3) is 0.143. The summed E-state index contributed by atoms with van der Waals surface area (Å²) in [6, 6.07) is 17.3. The number of halogens is 6. The van der Waals surface area contributed by atoms with Crippen LogP contribution in [0.2, 0.25) is 5.02 Å². The zero-order valence-corrected chi connectivity index (χ0v) is 20.6. The second-order valence-electron chi connectivity index (χ2n) is 8.98. The van der Waals surface area contributed by atoms with Gasteiger partial charge in [-0.25, -0.2) is 13.8 Å². The van der Waals surface area contributed by atoms with Gasteiger partial charge in [0.2, 0.25) is 5.95 Å². The number of hydrogen-bond acceptors (Lipinski definition) is 3. The van der Waals surface area contributed by atoms with E-state index in [2.05, 4.69) is 20.3 Å². The van der Waals surface area contributed by atoms with E-state index in [-0.39, 0.29) is 23.6 Å². The van der Waals surface area contributed by atoms with Crippen molar-refractivity contribution in [3.63, 3.8) is 0 Å². The number of aryl methyl sites for hydroxylation is 1. The Morgan fingerprint density at radius 3 is 2.34 bits per heavy atom. The fourth-order valence-electron chi connectivity index (χ4n) is 4.45. The molecule has 5 rings (SSSR count). The maximum atomic E-state index is 14.8. The first-order valence-electron chi connectivity index (χ1n) is 11.5. The van der Waals surface area contributed by atoms with Gasteiger partial charge in [0.15, 0.2) is 0 Å². The van der Waals surface area contributed by atoms with Gasteiger partial charge >= 0.3 is 6.18 Å². The molecule has 0 aliphatic rings. The van der Waals surface area contributed by atoms with Crippen LogP contribution >= 0.6 is 11.6 Å². The zero-order chi connectivity index (χ0) is 27.1. The molecule has 2 aromatic heterocycles. The van der Waals surface area contributed by atoms with Gasteiger partial charge in [0.05, 0.1) is 27.3 Å². The Balaban J connectivity index is 1.78. The van der Waals surface area contributed by atoms with E-state index in [9.17, 15) is 22.0 Å². The SMILES string of the molecule is Cc1cc2[nH]c(NC(Cc3ccccc3)(c3cc(F)cc(C(F)(F)F)c3)c3ccc(Cl)cn3)nc2cc1F. The molecule has 0 spiro atoms. The van der Waals surface area contributed by atoms with Gasteiger partial charge in [0.1, 0.15) is 17.2 Å². The van der Waals surface area contributed by atoms with E-state index in [0.29, 0.717) is 27.7 Å². The van der Waals surface area contributed by atoms with E-state index in [4.69, 9.17) is 11.6 Å². The Morgan fingerprint density at radius 2 is 1.66 bits per heavy atom. The number of aromatic nitrogens is 3. The number of pyridine rings is 1. The summed E-state index contributed by atoms with van der Waals surface area (Å²) in [6.45, 7) is 1.60. The Morgan fingerprint density at radius 1 is 0.921 bits per heavy atom. The maximum absolute atomic E-state index is 14.8. The molecular weight excluding hydrogens is 523 g/mol. The molecule has 0 bridgehead atoms. The van der Waals surface area contributed by atoms with E-state index >= 15 is 0 Å². The Kier molecular flexibility index (Phi) is 6.56. The number of rotatable bonds is 6. The molecule has 0 radical (unpaired) electrons. The molecule has 2 N–H and O–H groups in total. The van der Waals surface area contributed by atoms with Crippen LogP contribution in [0.1, 0.15) is 27.9 Å². The first-order valence-corrected chi connectivity index (χ1v) is 11.9. The summed E-state index contributed by atoms with van der Waals surface area (Å²) in [5.74, 6) is -1.38. The number of alkyl halides is 3. The highest BCUT2D eigenvalue weighted by atomic mass is 35.5. The monoisotopic (exact) mass is 542 g/mol. The van der Waals surface area contributed by atoms with E-state index < -0.39 is 28.9 Å². The summed E-state index contributed by atoms with van der Waals surface area (Å²) in [6.07, 6.45) is -3.37. The van der Waals surface area contributed by atoms with Crippen LogP contribution in [0, 0.1) is 18.6 Å². The number of imidazole rings is 1. The number of benzene rings is 3. The van der Waals surface area contributed by atoms with Gasteiger partial charge in [-0.05, 0) is 60.0 Å². The molecule has 5 aromatic rings. The summed E-state index contributed by atoms with van der Waals surface area (Å²) < 4.78 is 70.3. The van der Waals surface area contributed by atoms with Crippen LogP contribution in [0.3, 0.4) is 0 Å². The maximum Gasteiger partial charge on any atom is 0.416 e. The first kappa shape index (κ1) is 25.7. The molecule has 0 saturated carbocycles. The number of nitrogens with zero attached hydrogens (tertiary/aromatic N) is 2. The molecule has 0 saturated heterocycles. The van der Waals surface area contributed by atoms with Crippen molar-refractivity contribution >= 4 is 28.6 Å². The van der Waals surface area contributed by atoms with Crippen molar-refractivity contribution < 1.29 is 22.0 Å². The third-order valence-electron chi connectivity index (χ3n) is 6.29. The lowest BCUT2D eigenvalue weighted by Crippen LogP contribution is -2.40. The Bertz CT molecular complexity index is 1560. The van der Waals surface area contributed by atoms with Crippen LogP contribution in [0.4, 0.5) is 27.9 Å². The summed E-state index contributed by atoms with van der Waals surface area (Å²) in [7, 11) is 0. The summed E-state index contributed by atoms with van der Waals surface area (Å²) in [4.78, 5) is 11.9. The van der Waals surface area contributed by atoms with E-state index in [1.807, 2.05) is 0 Å². The average molecular weight is 543 g/mol. The molecule has 10 heteroatoms.